The Hall–Kier alpha value is -1.51. The number of phenolic OH excluding ortho intramolecular Hbond substituents is 1. The van der Waals surface area contributed by atoms with Crippen LogP contribution >= 0.6 is 0 Å². The topological polar surface area (TPSA) is 49.3 Å². The van der Waals surface area contributed by atoms with Gasteiger partial charge in [0.15, 0.2) is 0 Å². The number of carbonyl (C=O) groups is 1. The Morgan fingerprint density at radius 2 is 1.84 bits per heavy atom. The molecular weight excluding hydrogens is 238 g/mol. The van der Waals surface area contributed by atoms with Crippen molar-refractivity contribution in [3.05, 3.63) is 29.8 Å². The van der Waals surface area contributed by atoms with Crippen LogP contribution in [0.15, 0.2) is 24.3 Å². The highest BCUT2D eigenvalue weighted by Gasteiger charge is 2.42. The lowest BCUT2D eigenvalue weighted by Gasteiger charge is -2.28. The van der Waals surface area contributed by atoms with Gasteiger partial charge in [0.1, 0.15) is 5.75 Å². The molecule has 3 rings (SSSR count). The molecule has 3 nitrogen and oxygen atoms in total. The number of hydrogen-bond donors (Lipinski definition) is 2. The molecule has 0 spiro atoms. The molecule has 2 atom stereocenters. The van der Waals surface area contributed by atoms with Gasteiger partial charge in [-0.2, -0.15) is 0 Å². The Bertz CT molecular complexity index is 456. The van der Waals surface area contributed by atoms with Crippen LogP contribution in [0.4, 0.5) is 0 Å². The third-order valence-electron chi connectivity index (χ3n) is 4.82. The zero-order chi connectivity index (χ0) is 13.2. The van der Waals surface area contributed by atoms with Gasteiger partial charge in [0.25, 0.3) is 0 Å². The fourth-order valence-electron chi connectivity index (χ4n) is 3.85. The van der Waals surface area contributed by atoms with Crippen LogP contribution in [0.2, 0.25) is 0 Å². The lowest BCUT2D eigenvalue weighted by molar-refractivity contribution is -0.128. The van der Waals surface area contributed by atoms with Crippen LogP contribution in [0.25, 0.3) is 0 Å². The van der Waals surface area contributed by atoms with Gasteiger partial charge in [-0.15, -0.1) is 0 Å². The van der Waals surface area contributed by atoms with Crippen molar-refractivity contribution in [3.8, 4) is 5.75 Å². The average molecular weight is 259 g/mol. The van der Waals surface area contributed by atoms with E-state index >= 15 is 0 Å². The van der Waals surface area contributed by atoms with E-state index in [9.17, 15) is 9.90 Å². The first-order chi connectivity index (χ1) is 9.25. The minimum absolute atomic E-state index is 0.190. The summed E-state index contributed by atoms with van der Waals surface area (Å²) in [6, 6.07) is 7.18. The Kier molecular flexibility index (Phi) is 3.45. The first-order valence-corrected chi connectivity index (χ1v) is 7.30. The van der Waals surface area contributed by atoms with Gasteiger partial charge in [-0.3, -0.25) is 4.79 Å². The lowest BCUT2D eigenvalue weighted by atomic mass is 9.78. The minimum atomic E-state index is 0.190. The van der Waals surface area contributed by atoms with Crippen molar-refractivity contribution in [1.29, 1.82) is 0 Å². The highest BCUT2D eigenvalue weighted by Crippen LogP contribution is 2.46. The molecule has 2 aliphatic carbocycles. The summed E-state index contributed by atoms with van der Waals surface area (Å²) >= 11 is 0. The molecule has 0 saturated heterocycles. The monoisotopic (exact) mass is 259 g/mol. The second kappa shape index (κ2) is 5.24. The van der Waals surface area contributed by atoms with Gasteiger partial charge in [-0.25, -0.2) is 0 Å². The van der Waals surface area contributed by atoms with Crippen molar-refractivity contribution < 1.29 is 9.90 Å². The van der Waals surface area contributed by atoms with Crippen LogP contribution in [-0.4, -0.2) is 11.0 Å². The van der Waals surface area contributed by atoms with E-state index in [-0.39, 0.29) is 17.6 Å². The Labute approximate surface area is 114 Å². The highest BCUT2D eigenvalue weighted by atomic mass is 16.3. The van der Waals surface area contributed by atoms with Crippen molar-refractivity contribution in [2.24, 2.45) is 17.8 Å². The first kappa shape index (κ1) is 12.5. The van der Waals surface area contributed by atoms with E-state index in [1.54, 1.807) is 12.1 Å². The molecule has 2 fully saturated rings. The Morgan fingerprint density at radius 3 is 2.53 bits per heavy atom. The van der Waals surface area contributed by atoms with Gasteiger partial charge in [-0.1, -0.05) is 24.6 Å². The number of benzene rings is 1. The summed E-state index contributed by atoms with van der Waals surface area (Å²) in [5, 5.41) is 12.7. The molecule has 0 heterocycles. The molecule has 0 aromatic heterocycles. The van der Waals surface area contributed by atoms with Crippen LogP contribution in [0.1, 0.15) is 37.7 Å². The quantitative estimate of drug-likeness (QED) is 0.877. The van der Waals surface area contributed by atoms with E-state index in [1.165, 1.54) is 32.1 Å². The predicted molar refractivity (Wildman–Crippen MR) is 73.5 cm³/mol. The van der Waals surface area contributed by atoms with E-state index in [1.807, 2.05) is 12.1 Å². The normalized spacial score (nSPS) is 29.2. The number of hydrogen-bond acceptors (Lipinski definition) is 2. The zero-order valence-electron chi connectivity index (χ0n) is 11.1. The molecule has 2 saturated carbocycles. The fourth-order valence-corrected chi connectivity index (χ4v) is 3.85. The molecule has 102 valence electrons. The number of phenols is 1. The van der Waals surface area contributed by atoms with Crippen LogP contribution in [-0.2, 0) is 11.3 Å². The number of carbonyl (C=O) groups excluding carboxylic acids is 1. The summed E-state index contributed by atoms with van der Waals surface area (Å²) < 4.78 is 0. The van der Waals surface area contributed by atoms with Crippen LogP contribution < -0.4 is 5.32 Å². The number of amides is 1. The maximum atomic E-state index is 12.4. The Morgan fingerprint density at radius 1 is 1.16 bits per heavy atom. The highest BCUT2D eigenvalue weighted by molar-refractivity contribution is 5.79. The molecule has 2 aliphatic rings. The molecule has 3 heteroatoms. The molecular formula is C16H21NO2. The van der Waals surface area contributed by atoms with Crippen LogP contribution in [0.5, 0.6) is 5.75 Å². The Balaban J connectivity index is 1.62. The van der Waals surface area contributed by atoms with Gasteiger partial charge < -0.3 is 10.4 Å². The van der Waals surface area contributed by atoms with Crippen molar-refractivity contribution in [1.82, 2.24) is 5.32 Å². The van der Waals surface area contributed by atoms with Crippen molar-refractivity contribution in [2.75, 3.05) is 0 Å². The minimum Gasteiger partial charge on any atom is -0.508 e. The number of fused-ring (bicyclic) bond motifs is 2. The molecule has 1 aromatic carbocycles. The maximum absolute atomic E-state index is 12.4. The van der Waals surface area contributed by atoms with Gasteiger partial charge in [0.2, 0.25) is 5.91 Å². The van der Waals surface area contributed by atoms with Gasteiger partial charge in [-0.05, 0) is 43.6 Å². The van der Waals surface area contributed by atoms with Crippen molar-refractivity contribution in [3.63, 3.8) is 0 Å². The third kappa shape index (κ3) is 2.46. The van der Waals surface area contributed by atoms with Crippen molar-refractivity contribution >= 4 is 5.91 Å². The zero-order valence-corrected chi connectivity index (χ0v) is 11.1. The molecule has 1 amide bonds. The van der Waals surface area contributed by atoms with Crippen molar-refractivity contribution in [2.45, 2.75) is 38.6 Å². The molecule has 0 aliphatic heterocycles. The SMILES string of the molecule is O=C(NCc1ccccc1O)C1C2CCCC1CC2. The smallest absolute Gasteiger partial charge is 0.223 e. The summed E-state index contributed by atoms with van der Waals surface area (Å²) in [6.45, 7) is 0.432. The molecule has 1 aromatic rings. The molecule has 2 unspecified atom stereocenters. The second-order valence-electron chi connectivity index (χ2n) is 5.90. The van der Waals surface area contributed by atoms with Crippen LogP contribution in [0.3, 0.4) is 0 Å². The predicted octanol–water partition coefficient (Wildman–Crippen LogP) is 2.83. The van der Waals surface area contributed by atoms with Gasteiger partial charge in [0, 0.05) is 18.0 Å². The molecule has 2 N–H and O–H groups in total. The summed E-state index contributed by atoms with van der Waals surface area (Å²) in [7, 11) is 0. The second-order valence-corrected chi connectivity index (χ2v) is 5.90. The van der Waals surface area contributed by atoms with E-state index in [0.717, 1.165) is 5.56 Å². The number of aromatic hydroxyl groups is 1. The van der Waals surface area contributed by atoms with E-state index < -0.39 is 0 Å². The number of para-hydroxylation sites is 1. The summed E-state index contributed by atoms with van der Waals surface area (Å²) in [6.07, 6.45) is 6.16. The maximum Gasteiger partial charge on any atom is 0.223 e. The van der Waals surface area contributed by atoms with Gasteiger partial charge >= 0.3 is 0 Å². The van der Waals surface area contributed by atoms with Gasteiger partial charge in [0.05, 0.1) is 0 Å². The summed E-state index contributed by atoms with van der Waals surface area (Å²) in [5.41, 5.74) is 0.791. The fraction of sp³-hybridized carbons (Fsp3) is 0.562. The van der Waals surface area contributed by atoms with E-state index in [0.29, 0.717) is 18.4 Å². The third-order valence-corrected chi connectivity index (χ3v) is 4.82. The standard InChI is InChI=1S/C16H21NO2/c18-14-7-2-1-4-13(14)10-17-16(19)15-11-5-3-6-12(15)9-8-11/h1-2,4,7,11-12,15,18H,3,5-6,8-10H2,(H,17,19). The van der Waals surface area contributed by atoms with E-state index in [4.69, 9.17) is 0 Å². The molecule has 19 heavy (non-hydrogen) atoms. The largest absolute Gasteiger partial charge is 0.508 e. The summed E-state index contributed by atoms with van der Waals surface area (Å²) in [5.74, 6) is 1.87. The number of nitrogens with one attached hydrogen (secondary N) is 1. The first-order valence-electron chi connectivity index (χ1n) is 7.30. The molecule has 0 radical (unpaired) electrons. The average Bonchev–Trinajstić information content (AvgIpc) is 2.67. The lowest BCUT2D eigenvalue weighted by Crippen LogP contribution is -2.37. The summed E-state index contributed by atoms with van der Waals surface area (Å²) in [4.78, 5) is 12.4. The number of rotatable bonds is 3. The van der Waals surface area contributed by atoms with E-state index in [2.05, 4.69) is 5.32 Å². The van der Waals surface area contributed by atoms with Crippen LogP contribution in [0, 0.1) is 17.8 Å². The molecule has 2 bridgehead atoms.